The van der Waals surface area contributed by atoms with Crippen LogP contribution in [0.2, 0.25) is 0 Å². The van der Waals surface area contributed by atoms with E-state index < -0.39 is 0 Å². The number of ether oxygens (including phenoxy) is 1. The van der Waals surface area contributed by atoms with Gasteiger partial charge in [0.1, 0.15) is 0 Å². The molecule has 0 amide bonds. The van der Waals surface area contributed by atoms with E-state index in [1.165, 1.54) is 0 Å². The van der Waals surface area contributed by atoms with Gasteiger partial charge in [-0.15, -0.1) is 0 Å². The maximum Gasteiger partial charge on any atom is 0.272 e. The number of benzene rings is 1. The standard InChI is InChI=1S/C15H22N2O3/c1-11-12(4-3-5-15(11)17(18)19)10-16-13-6-8-14(20-2)9-7-13/h3-5,13-14,16H,6-10H2,1-2H3. The SMILES string of the molecule is COC1CCC(NCc2cccc([N+](=O)[O-])c2C)CC1. The molecule has 0 aromatic heterocycles. The Balaban J connectivity index is 1.92. The minimum atomic E-state index is -0.317. The van der Waals surface area contributed by atoms with Gasteiger partial charge in [0.2, 0.25) is 0 Å². The first-order chi connectivity index (χ1) is 9.61. The van der Waals surface area contributed by atoms with Crippen LogP contribution in [0.3, 0.4) is 0 Å². The molecule has 2 rings (SSSR count). The third-order valence-corrected chi connectivity index (χ3v) is 4.20. The molecule has 0 radical (unpaired) electrons. The summed E-state index contributed by atoms with van der Waals surface area (Å²) >= 11 is 0. The summed E-state index contributed by atoms with van der Waals surface area (Å²) in [5.74, 6) is 0. The van der Waals surface area contributed by atoms with E-state index in [4.69, 9.17) is 4.74 Å². The van der Waals surface area contributed by atoms with Crippen molar-refractivity contribution in [1.29, 1.82) is 0 Å². The highest BCUT2D eigenvalue weighted by Gasteiger charge is 2.21. The maximum absolute atomic E-state index is 10.9. The monoisotopic (exact) mass is 278 g/mol. The van der Waals surface area contributed by atoms with Crippen LogP contribution in [0, 0.1) is 17.0 Å². The smallest absolute Gasteiger partial charge is 0.272 e. The molecule has 5 heteroatoms. The van der Waals surface area contributed by atoms with Gasteiger partial charge in [0.05, 0.1) is 11.0 Å². The molecule has 1 aliphatic rings. The highest BCUT2D eigenvalue weighted by atomic mass is 16.6. The van der Waals surface area contributed by atoms with E-state index in [2.05, 4.69) is 5.32 Å². The molecular formula is C15H22N2O3. The van der Waals surface area contributed by atoms with E-state index in [1.807, 2.05) is 13.0 Å². The van der Waals surface area contributed by atoms with Crippen molar-refractivity contribution < 1.29 is 9.66 Å². The Hall–Kier alpha value is -1.46. The molecule has 0 unspecified atom stereocenters. The Morgan fingerprint density at radius 3 is 2.65 bits per heavy atom. The molecule has 0 heterocycles. The number of nitrogens with one attached hydrogen (secondary N) is 1. The number of hydrogen-bond donors (Lipinski definition) is 1. The fourth-order valence-corrected chi connectivity index (χ4v) is 2.82. The molecule has 1 fully saturated rings. The van der Waals surface area contributed by atoms with E-state index in [1.54, 1.807) is 19.2 Å². The van der Waals surface area contributed by atoms with Crippen molar-refractivity contribution in [3.63, 3.8) is 0 Å². The molecule has 0 spiro atoms. The van der Waals surface area contributed by atoms with Crippen LogP contribution in [0.15, 0.2) is 18.2 Å². The van der Waals surface area contributed by atoms with Gasteiger partial charge in [-0.1, -0.05) is 12.1 Å². The van der Waals surface area contributed by atoms with Crippen molar-refractivity contribution in [3.05, 3.63) is 39.4 Å². The van der Waals surface area contributed by atoms with Crippen LogP contribution in [0.25, 0.3) is 0 Å². The Kier molecular flexibility index (Phi) is 5.09. The molecule has 1 aromatic rings. The molecule has 0 atom stereocenters. The molecule has 1 N–H and O–H groups in total. The van der Waals surface area contributed by atoms with E-state index in [0.29, 0.717) is 18.7 Å². The summed E-state index contributed by atoms with van der Waals surface area (Å²) in [6.45, 7) is 2.51. The minimum absolute atomic E-state index is 0.201. The highest BCUT2D eigenvalue weighted by molar-refractivity contribution is 5.44. The van der Waals surface area contributed by atoms with Crippen LogP contribution >= 0.6 is 0 Å². The first-order valence-electron chi connectivity index (χ1n) is 7.11. The highest BCUT2D eigenvalue weighted by Crippen LogP contribution is 2.23. The Morgan fingerprint density at radius 2 is 2.05 bits per heavy atom. The average molecular weight is 278 g/mol. The summed E-state index contributed by atoms with van der Waals surface area (Å²) in [4.78, 5) is 10.6. The van der Waals surface area contributed by atoms with Gasteiger partial charge >= 0.3 is 0 Å². The maximum atomic E-state index is 10.9. The number of nitro groups is 1. The molecule has 0 aliphatic heterocycles. The summed E-state index contributed by atoms with van der Waals surface area (Å²) in [6, 6.07) is 5.75. The molecule has 0 saturated heterocycles. The van der Waals surface area contributed by atoms with Crippen molar-refractivity contribution in [3.8, 4) is 0 Å². The van der Waals surface area contributed by atoms with Gasteiger partial charge in [0.25, 0.3) is 5.69 Å². The molecule has 1 aromatic carbocycles. The Labute approximate surface area is 119 Å². The molecule has 1 saturated carbocycles. The number of nitro benzene ring substituents is 1. The van der Waals surface area contributed by atoms with Gasteiger partial charge in [0, 0.05) is 31.3 Å². The quantitative estimate of drug-likeness (QED) is 0.664. The zero-order chi connectivity index (χ0) is 14.5. The predicted octanol–water partition coefficient (Wildman–Crippen LogP) is 2.95. The molecular weight excluding hydrogens is 256 g/mol. The number of rotatable bonds is 5. The second-order valence-electron chi connectivity index (χ2n) is 5.41. The number of hydrogen-bond acceptors (Lipinski definition) is 4. The summed E-state index contributed by atoms with van der Waals surface area (Å²) in [5, 5.41) is 14.4. The fraction of sp³-hybridized carbons (Fsp3) is 0.600. The first-order valence-corrected chi connectivity index (χ1v) is 7.11. The summed E-state index contributed by atoms with van der Waals surface area (Å²) in [7, 11) is 1.77. The van der Waals surface area contributed by atoms with Gasteiger partial charge in [-0.3, -0.25) is 10.1 Å². The summed E-state index contributed by atoms with van der Waals surface area (Å²) in [6.07, 6.45) is 4.77. The van der Waals surface area contributed by atoms with E-state index >= 15 is 0 Å². The Morgan fingerprint density at radius 1 is 1.35 bits per heavy atom. The van der Waals surface area contributed by atoms with Gasteiger partial charge < -0.3 is 10.1 Å². The second-order valence-corrected chi connectivity index (χ2v) is 5.41. The zero-order valence-corrected chi connectivity index (χ0v) is 12.1. The van der Waals surface area contributed by atoms with Crippen LogP contribution in [0.1, 0.15) is 36.8 Å². The first kappa shape index (κ1) is 14.9. The van der Waals surface area contributed by atoms with Gasteiger partial charge in [-0.05, 0) is 38.2 Å². The topological polar surface area (TPSA) is 64.4 Å². The minimum Gasteiger partial charge on any atom is -0.381 e. The third-order valence-electron chi connectivity index (χ3n) is 4.20. The second kappa shape index (κ2) is 6.81. The van der Waals surface area contributed by atoms with Gasteiger partial charge in [0.15, 0.2) is 0 Å². The van der Waals surface area contributed by atoms with Crippen LogP contribution < -0.4 is 5.32 Å². The lowest BCUT2D eigenvalue weighted by Gasteiger charge is -2.28. The summed E-state index contributed by atoms with van der Waals surface area (Å²) in [5.41, 5.74) is 1.97. The van der Waals surface area contributed by atoms with Crippen LogP contribution in [0.4, 0.5) is 5.69 Å². The lowest BCUT2D eigenvalue weighted by Crippen LogP contribution is -2.34. The zero-order valence-electron chi connectivity index (χ0n) is 12.1. The van der Waals surface area contributed by atoms with Crippen LogP contribution in [-0.2, 0) is 11.3 Å². The average Bonchev–Trinajstić information content (AvgIpc) is 2.46. The van der Waals surface area contributed by atoms with Crippen molar-refractivity contribution in [2.24, 2.45) is 0 Å². The van der Waals surface area contributed by atoms with Crippen molar-refractivity contribution in [2.45, 2.75) is 51.3 Å². The van der Waals surface area contributed by atoms with E-state index in [-0.39, 0.29) is 10.6 Å². The largest absolute Gasteiger partial charge is 0.381 e. The molecule has 110 valence electrons. The molecule has 20 heavy (non-hydrogen) atoms. The van der Waals surface area contributed by atoms with Crippen LogP contribution in [0.5, 0.6) is 0 Å². The normalized spacial score (nSPS) is 22.7. The van der Waals surface area contributed by atoms with Gasteiger partial charge in [-0.2, -0.15) is 0 Å². The Bertz CT molecular complexity index is 468. The molecule has 1 aliphatic carbocycles. The van der Waals surface area contributed by atoms with Crippen molar-refractivity contribution >= 4 is 5.69 Å². The number of nitrogens with zero attached hydrogens (tertiary/aromatic N) is 1. The molecule has 0 bridgehead atoms. The number of methoxy groups -OCH3 is 1. The van der Waals surface area contributed by atoms with Crippen molar-refractivity contribution in [1.82, 2.24) is 5.32 Å². The van der Waals surface area contributed by atoms with E-state index in [9.17, 15) is 10.1 Å². The van der Waals surface area contributed by atoms with Crippen LogP contribution in [-0.4, -0.2) is 24.2 Å². The lowest BCUT2D eigenvalue weighted by atomic mass is 9.92. The predicted molar refractivity (Wildman–Crippen MR) is 77.7 cm³/mol. The lowest BCUT2D eigenvalue weighted by molar-refractivity contribution is -0.385. The van der Waals surface area contributed by atoms with Gasteiger partial charge in [-0.25, -0.2) is 0 Å². The fourth-order valence-electron chi connectivity index (χ4n) is 2.82. The summed E-state index contributed by atoms with van der Waals surface area (Å²) < 4.78 is 5.36. The van der Waals surface area contributed by atoms with E-state index in [0.717, 1.165) is 36.8 Å². The molecule has 5 nitrogen and oxygen atoms in total. The third kappa shape index (κ3) is 3.55. The van der Waals surface area contributed by atoms with Crippen molar-refractivity contribution in [2.75, 3.05) is 7.11 Å².